The highest BCUT2D eigenvalue weighted by Gasteiger charge is 2.77. The average Bonchev–Trinajstić information content (AvgIpc) is 3.51. The average molecular weight is 637 g/mol. The lowest BCUT2D eigenvalue weighted by atomic mass is 9.70. The van der Waals surface area contributed by atoms with E-state index in [1.807, 2.05) is 32.9 Å². The summed E-state index contributed by atoms with van der Waals surface area (Å²) in [5.74, 6) is -2.49. The maximum absolute atomic E-state index is 14.7. The zero-order valence-corrected chi connectivity index (χ0v) is 25.7. The number of hydrogen-bond acceptors (Lipinski definition) is 5. The van der Waals surface area contributed by atoms with Crippen LogP contribution in [0.4, 0.5) is 5.69 Å². The van der Waals surface area contributed by atoms with Crippen LogP contribution < -0.4 is 4.90 Å². The summed E-state index contributed by atoms with van der Waals surface area (Å²) < 4.78 is 6.66. The Hall–Kier alpha value is -2.20. The van der Waals surface area contributed by atoms with Gasteiger partial charge in [0.05, 0.1) is 41.3 Å². The van der Waals surface area contributed by atoms with Crippen molar-refractivity contribution in [2.45, 2.75) is 68.6 Å². The molecule has 1 aromatic carbocycles. The van der Waals surface area contributed by atoms with Crippen LogP contribution in [0.5, 0.6) is 0 Å². The van der Waals surface area contributed by atoms with Crippen molar-refractivity contribution in [3.05, 3.63) is 54.1 Å². The fourth-order valence-electron chi connectivity index (χ4n) is 6.90. The predicted octanol–water partition coefficient (Wildman–Crippen LogP) is 4.11. The molecular formula is C30H39BrClN3O5. The Morgan fingerprint density at radius 3 is 2.55 bits per heavy atom. The highest BCUT2D eigenvalue weighted by atomic mass is 79.9. The van der Waals surface area contributed by atoms with E-state index >= 15 is 0 Å². The first-order valence-corrected chi connectivity index (χ1v) is 15.2. The third kappa shape index (κ3) is 4.82. The van der Waals surface area contributed by atoms with Crippen LogP contribution >= 0.6 is 27.5 Å². The second kappa shape index (κ2) is 12.3. The summed E-state index contributed by atoms with van der Waals surface area (Å²) in [7, 11) is 0. The van der Waals surface area contributed by atoms with Crippen LogP contribution in [-0.2, 0) is 19.1 Å². The van der Waals surface area contributed by atoms with Crippen LogP contribution in [-0.4, -0.2) is 87.5 Å². The molecule has 4 rings (SSSR count). The van der Waals surface area contributed by atoms with E-state index in [1.165, 1.54) is 4.90 Å². The Morgan fingerprint density at radius 2 is 1.98 bits per heavy atom. The van der Waals surface area contributed by atoms with Crippen molar-refractivity contribution in [2.75, 3.05) is 31.1 Å². The molecule has 1 spiro atoms. The van der Waals surface area contributed by atoms with Crippen molar-refractivity contribution < 1.29 is 24.2 Å². The molecule has 0 aliphatic carbocycles. The van der Waals surface area contributed by atoms with Crippen LogP contribution in [0.1, 0.15) is 38.7 Å². The number of carbonyl (C=O) groups is 3. The van der Waals surface area contributed by atoms with Crippen molar-refractivity contribution in [2.24, 2.45) is 11.8 Å². The Bertz CT molecular complexity index is 1160. The van der Waals surface area contributed by atoms with Gasteiger partial charge < -0.3 is 24.5 Å². The number of para-hydroxylation sites is 1. The number of rotatable bonds is 12. The van der Waals surface area contributed by atoms with E-state index < -0.39 is 35.6 Å². The first kappa shape index (κ1) is 30.8. The lowest BCUT2D eigenvalue weighted by Crippen LogP contribution is -2.59. The number of aliphatic hydroxyl groups excluding tert-OH is 1. The number of halogens is 2. The molecule has 1 N–H and O–H groups in total. The normalized spacial score (nSPS) is 29.3. The van der Waals surface area contributed by atoms with Crippen LogP contribution in [0.2, 0.25) is 5.02 Å². The molecule has 218 valence electrons. The molecule has 3 aliphatic rings. The van der Waals surface area contributed by atoms with E-state index in [4.69, 9.17) is 16.3 Å². The topological polar surface area (TPSA) is 90.4 Å². The number of hydrogen-bond donors (Lipinski definition) is 1. The molecule has 3 aliphatic heterocycles. The van der Waals surface area contributed by atoms with Crippen molar-refractivity contribution >= 4 is 50.9 Å². The molecule has 3 fully saturated rings. The number of aryl methyl sites for hydroxylation is 1. The first-order valence-electron chi connectivity index (χ1n) is 13.9. The summed E-state index contributed by atoms with van der Waals surface area (Å²) in [5, 5.41) is 10.7. The van der Waals surface area contributed by atoms with Gasteiger partial charge in [0.25, 0.3) is 5.91 Å². The van der Waals surface area contributed by atoms with Gasteiger partial charge in [-0.3, -0.25) is 14.4 Å². The Morgan fingerprint density at radius 1 is 1.27 bits per heavy atom. The smallest absolute Gasteiger partial charge is 0.253 e. The van der Waals surface area contributed by atoms with Crippen molar-refractivity contribution in [3.63, 3.8) is 0 Å². The summed E-state index contributed by atoms with van der Waals surface area (Å²) in [6.07, 6.45) is 4.29. The number of carbonyl (C=O) groups excluding carboxylic acids is 3. The minimum atomic E-state index is -1.24. The molecule has 8 nitrogen and oxygen atoms in total. The summed E-state index contributed by atoms with van der Waals surface area (Å²) in [4.78, 5) is 47.6. The summed E-state index contributed by atoms with van der Waals surface area (Å²) in [6, 6.07) is 3.73. The number of anilines is 1. The van der Waals surface area contributed by atoms with Gasteiger partial charge in [0.15, 0.2) is 0 Å². The summed E-state index contributed by atoms with van der Waals surface area (Å²) >= 11 is 10.3. The number of amides is 3. The fraction of sp³-hybridized carbons (Fsp3) is 0.567. The minimum absolute atomic E-state index is 0.158. The zero-order chi connectivity index (χ0) is 29.4. The maximum atomic E-state index is 14.7. The minimum Gasteiger partial charge on any atom is -0.394 e. The summed E-state index contributed by atoms with van der Waals surface area (Å²) in [6.45, 7) is 14.1. The van der Waals surface area contributed by atoms with E-state index in [0.29, 0.717) is 36.6 Å². The monoisotopic (exact) mass is 635 g/mol. The molecule has 3 amide bonds. The van der Waals surface area contributed by atoms with E-state index in [9.17, 15) is 19.5 Å². The van der Waals surface area contributed by atoms with E-state index in [1.54, 1.807) is 28.0 Å². The third-order valence-electron chi connectivity index (χ3n) is 8.51. The molecule has 10 heteroatoms. The highest BCUT2D eigenvalue weighted by molar-refractivity contribution is 9.09. The first-order chi connectivity index (χ1) is 19.1. The molecule has 0 radical (unpaired) electrons. The molecule has 0 aromatic heterocycles. The maximum Gasteiger partial charge on any atom is 0.253 e. The van der Waals surface area contributed by atoms with Crippen LogP contribution in [0.3, 0.4) is 0 Å². The molecule has 3 heterocycles. The molecule has 3 saturated heterocycles. The largest absolute Gasteiger partial charge is 0.394 e. The van der Waals surface area contributed by atoms with Crippen LogP contribution in [0.25, 0.3) is 0 Å². The molecule has 3 unspecified atom stereocenters. The van der Waals surface area contributed by atoms with E-state index in [0.717, 1.165) is 12.0 Å². The number of aliphatic hydroxyl groups is 1. The Kier molecular flexibility index (Phi) is 9.49. The van der Waals surface area contributed by atoms with E-state index in [2.05, 4.69) is 29.1 Å². The van der Waals surface area contributed by atoms with Gasteiger partial charge >= 0.3 is 0 Å². The van der Waals surface area contributed by atoms with Gasteiger partial charge in [-0.1, -0.05) is 65.7 Å². The van der Waals surface area contributed by atoms with Gasteiger partial charge in [0, 0.05) is 24.5 Å². The molecule has 40 heavy (non-hydrogen) atoms. The number of fused-ring (bicyclic) bond motifs is 1. The molecule has 2 bridgehead atoms. The van der Waals surface area contributed by atoms with Crippen molar-refractivity contribution in [3.8, 4) is 0 Å². The van der Waals surface area contributed by atoms with Crippen LogP contribution in [0.15, 0.2) is 43.5 Å². The second-order valence-electron chi connectivity index (χ2n) is 10.9. The Labute approximate surface area is 250 Å². The van der Waals surface area contributed by atoms with Gasteiger partial charge in [-0.15, -0.1) is 13.2 Å². The molecule has 7 atom stereocenters. The van der Waals surface area contributed by atoms with Crippen molar-refractivity contribution in [1.29, 1.82) is 0 Å². The number of likely N-dealkylation sites (tertiary alicyclic amines) is 1. The lowest BCUT2D eigenvalue weighted by Gasteiger charge is -2.39. The molecule has 0 saturated carbocycles. The van der Waals surface area contributed by atoms with Gasteiger partial charge in [0.1, 0.15) is 11.6 Å². The number of ether oxygens (including phenoxy) is 1. The van der Waals surface area contributed by atoms with Crippen LogP contribution in [0, 0.1) is 18.8 Å². The van der Waals surface area contributed by atoms with Crippen molar-refractivity contribution in [1.82, 2.24) is 9.80 Å². The number of nitrogens with zero attached hydrogens (tertiary/aromatic N) is 3. The number of benzene rings is 1. The fourth-order valence-corrected chi connectivity index (χ4v) is 8.16. The highest BCUT2D eigenvalue weighted by Crippen LogP contribution is 2.61. The summed E-state index contributed by atoms with van der Waals surface area (Å²) in [5.41, 5.74) is 0.0925. The molecular weight excluding hydrogens is 598 g/mol. The zero-order valence-electron chi connectivity index (χ0n) is 23.4. The number of alkyl halides is 1. The quantitative estimate of drug-likeness (QED) is 0.276. The van der Waals surface area contributed by atoms with Gasteiger partial charge in [-0.25, -0.2) is 0 Å². The Balaban J connectivity index is 1.86. The van der Waals surface area contributed by atoms with Gasteiger partial charge in [-0.2, -0.15) is 0 Å². The van der Waals surface area contributed by atoms with E-state index in [-0.39, 0.29) is 35.7 Å². The molecule has 1 aromatic rings. The van der Waals surface area contributed by atoms with Gasteiger partial charge in [-0.05, 0) is 37.8 Å². The second-order valence-corrected chi connectivity index (χ2v) is 12.5. The third-order valence-corrected chi connectivity index (χ3v) is 9.66. The predicted molar refractivity (Wildman–Crippen MR) is 160 cm³/mol. The SMILES string of the molecule is C=CCN(CCC)C(=O)[C@H]1[C@H]2C(=O)N([C@@H](CC)CO)C(C(=O)N(CC=C)c3c(C)cccc3Cl)C23CC(Br)[C@@H]1O3. The lowest BCUT2D eigenvalue weighted by molar-refractivity contribution is -0.147. The van der Waals surface area contributed by atoms with Gasteiger partial charge in [0.2, 0.25) is 11.8 Å². The standard InChI is InChI=1S/C30H39BrClN3O5/c1-6-13-33(14-7-2)27(37)22-23-28(38)35(19(9-4)17-36)26(30(23)16-20(31)25(22)40-30)29(39)34(15-8-3)24-18(5)11-10-12-21(24)32/h6,8,10-12,19-20,22-23,25-26,36H,1,3,7,9,13-17H2,2,4-5H3/t19-,20?,22-,23-,25-,26?,30?/m0/s1.